The minimum Gasteiger partial charge on any atom is -0.411 e. The summed E-state index contributed by atoms with van der Waals surface area (Å²) in [6.45, 7) is 4.21. The first-order chi connectivity index (χ1) is 5.24. The summed E-state index contributed by atoms with van der Waals surface area (Å²) in [5, 5.41) is 11.8. The van der Waals surface area contributed by atoms with Crippen LogP contribution in [-0.4, -0.2) is 10.9 Å². The Kier molecular flexibility index (Phi) is 2.92. The van der Waals surface area contributed by atoms with Crippen LogP contribution >= 0.6 is 0 Å². The highest BCUT2D eigenvalue weighted by Crippen LogP contribution is 2.28. The Morgan fingerprint density at radius 1 is 1.27 bits per heavy atom. The van der Waals surface area contributed by atoms with Gasteiger partial charge in [-0.15, -0.1) is 0 Å². The Balaban J connectivity index is 2.39. The normalized spacial score (nSPS) is 33.8. The molecule has 2 heteroatoms. The lowest BCUT2D eigenvalue weighted by Gasteiger charge is -2.25. The number of rotatable bonds is 1. The molecule has 0 radical (unpaired) electrons. The maximum atomic E-state index is 8.54. The van der Waals surface area contributed by atoms with Crippen LogP contribution in [0.4, 0.5) is 0 Å². The summed E-state index contributed by atoms with van der Waals surface area (Å²) < 4.78 is 0. The number of hydrogen-bond acceptors (Lipinski definition) is 2. The van der Waals surface area contributed by atoms with E-state index in [2.05, 4.69) is 12.1 Å². The topological polar surface area (TPSA) is 32.6 Å². The highest BCUT2D eigenvalue weighted by atomic mass is 16.4. The first-order valence-electron chi connectivity index (χ1n) is 4.42. The summed E-state index contributed by atoms with van der Waals surface area (Å²) in [4.78, 5) is 0. The van der Waals surface area contributed by atoms with E-state index in [1.54, 1.807) is 0 Å². The molecule has 0 saturated heterocycles. The van der Waals surface area contributed by atoms with Crippen molar-refractivity contribution in [2.75, 3.05) is 0 Å². The molecule has 0 aromatic heterocycles. The van der Waals surface area contributed by atoms with Gasteiger partial charge in [0.1, 0.15) is 0 Å². The molecule has 1 rings (SSSR count). The van der Waals surface area contributed by atoms with Crippen molar-refractivity contribution >= 4 is 5.71 Å². The fraction of sp³-hybridized carbons (Fsp3) is 0.889. The molecule has 0 aliphatic heterocycles. The molecule has 0 spiro atoms. The predicted molar refractivity (Wildman–Crippen MR) is 46.0 cm³/mol. The van der Waals surface area contributed by atoms with E-state index >= 15 is 0 Å². The van der Waals surface area contributed by atoms with Crippen molar-refractivity contribution in [3.63, 3.8) is 0 Å². The average Bonchev–Trinajstić information content (AvgIpc) is 2.05. The summed E-state index contributed by atoms with van der Waals surface area (Å²) in [6.07, 6.45) is 4.99. The standard InChI is InChI=1S/C9H17NO/c1-7-3-5-9(6-4-7)8(2)10-11/h7,9,11H,3-6H2,1-2H3/b10-8-/t7-,9-. The van der Waals surface area contributed by atoms with Crippen molar-refractivity contribution in [2.24, 2.45) is 17.0 Å². The molecule has 1 aliphatic carbocycles. The maximum absolute atomic E-state index is 8.54. The zero-order chi connectivity index (χ0) is 8.27. The molecule has 0 amide bonds. The van der Waals surface area contributed by atoms with E-state index in [1.165, 1.54) is 25.7 Å². The number of oxime groups is 1. The zero-order valence-electron chi connectivity index (χ0n) is 7.38. The molecule has 0 unspecified atom stereocenters. The second-order valence-corrected chi connectivity index (χ2v) is 3.70. The second kappa shape index (κ2) is 3.74. The lowest BCUT2D eigenvalue weighted by Crippen LogP contribution is -2.18. The van der Waals surface area contributed by atoms with Crippen molar-refractivity contribution in [1.29, 1.82) is 0 Å². The van der Waals surface area contributed by atoms with Crippen LogP contribution in [0, 0.1) is 11.8 Å². The van der Waals surface area contributed by atoms with Crippen molar-refractivity contribution in [2.45, 2.75) is 39.5 Å². The van der Waals surface area contributed by atoms with Crippen LogP contribution in [0.25, 0.3) is 0 Å². The lowest BCUT2D eigenvalue weighted by atomic mass is 9.81. The summed E-state index contributed by atoms with van der Waals surface area (Å²) in [7, 11) is 0. The molecule has 1 fully saturated rings. The van der Waals surface area contributed by atoms with Gasteiger partial charge in [-0.3, -0.25) is 0 Å². The highest BCUT2D eigenvalue weighted by Gasteiger charge is 2.20. The van der Waals surface area contributed by atoms with Crippen LogP contribution in [0.5, 0.6) is 0 Å². The van der Waals surface area contributed by atoms with E-state index in [0.29, 0.717) is 5.92 Å². The molecule has 1 N–H and O–H groups in total. The van der Waals surface area contributed by atoms with Gasteiger partial charge in [0.05, 0.1) is 5.71 Å². The Bertz CT molecular complexity index is 146. The smallest absolute Gasteiger partial charge is 0.0570 e. The highest BCUT2D eigenvalue weighted by molar-refractivity contribution is 5.83. The molecule has 64 valence electrons. The Morgan fingerprint density at radius 3 is 2.27 bits per heavy atom. The fourth-order valence-corrected chi connectivity index (χ4v) is 1.76. The number of nitrogens with zero attached hydrogens (tertiary/aromatic N) is 1. The maximum Gasteiger partial charge on any atom is 0.0570 e. The van der Waals surface area contributed by atoms with Crippen LogP contribution in [0.1, 0.15) is 39.5 Å². The zero-order valence-corrected chi connectivity index (χ0v) is 7.38. The van der Waals surface area contributed by atoms with E-state index < -0.39 is 0 Å². The van der Waals surface area contributed by atoms with E-state index in [-0.39, 0.29) is 0 Å². The average molecular weight is 155 g/mol. The van der Waals surface area contributed by atoms with Crippen LogP contribution in [-0.2, 0) is 0 Å². The minimum atomic E-state index is 0.552. The summed E-state index contributed by atoms with van der Waals surface area (Å²) in [5.41, 5.74) is 0.914. The number of hydrogen-bond donors (Lipinski definition) is 1. The van der Waals surface area contributed by atoms with Gasteiger partial charge in [0.15, 0.2) is 0 Å². The van der Waals surface area contributed by atoms with Crippen molar-refractivity contribution in [3.8, 4) is 0 Å². The quantitative estimate of drug-likeness (QED) is 0.352. The third-order valence-electron chi connectivity index (χ3n) is 2.76. The summed E-state index contributed by atoms with van der Waals surface area (Å²) >= 11 is 0. The third-order valence-corrected chi connectivity index (χ3v) is 2.76. The molecule has 1 saturated carbocycles. The largest absolute Gasteiger partial charge is 0.411 e. The van der Waals surface area contributed by atoms with Gasteiger partial charge in [-0.05, 0) is 25.7 Å². The predicted octanol–water partition coefficient (Wildman–Crippen LogP) is 2.66. The molecular formula is C9H17NO. The Morgan fingerprint density at radius 2 is 1.82 bits per heavy atom. The molecule has 11 heavy (non-hydrogen) atoms. The summed E-state index contributed by atoms with van der Waals surface area (Å²) in [6, 6.07) is 0. The minimum absolute atomic E-state index is 0.552. The van der Waals surface area contributed by atoms with Crippen LogP contribution in [0.3, 0.4) is 0 Å². The third kappa shape index (κ3) is 2.21. The van der Waals surface area contributed by atoms with Gasteiger partial charge in [0, 0.05) is 5.92 Å². The molecule has 2 nitrogen and oxygen atoms in total. The van der Waals surface area contributed by atoms with E-state index in [1.807, 2.05) is 6.92 Å². The molecule has 0 aromatic rings. The lowest BCUT2D eigenvalue weighted by molar-refractivity contribution is 0.299. The van der Waals surface area contributed by atoms with Gasteiger partial charge < -0.3 is 5.21 Å². The van der Waals surface area contributed by atoms with Crippen LogP contribution in [0.15, 0.2) is 5.16 Å². The summed E-state index contributed by atoms with van der Waals surface area (Å²) in [5.74, 6) is 1.42. The van der Waals surface area contributed by atoms with Crippen molar-refractivity contribution in [3.05, 3.63) is 0 Å². The first kappa shape index (κ1) is 8.57. The van der Waals surface area contributed by atoms with Crippen molar-refractivity contribution in [1.82, 2.24) is 0 Å². The van der Waals surface area contributed by atoms with E-state index in [4.69, 9.17) is 5.21 Å². The van der Waals surface area contributed by atoms with Gasteiger partial charge in [-0.2, -0.15) is 0 Å². The monoisotopic (exact) mass is 155 g/mol. The van der Waals surface area contributed by atoms with Gasteiger partial charge in [-0.25, -0.2) is 0 Å². The van der Waals surface area contributed by atoms with Crippen LogP contribution in [0.2, 0.25) is 0 Å². The van der Waals surface area contributed by atoms with E-state index in [0.717, 1.165) is 11.6 Å². The Labute approximate surface area is 68.3 Å². The van der Waals surface area contributed by atoms with Crippen LogP contribution < -0.4 is 0 Å². The Hall–Kier alpha value is -0.530. The van der Waals surface area contributed by atoms with Crippen molar-refractivity contribution < 1.29 is 5.21 Å². The van der Waals surface area contributed by atoms with E-state index in [9.17, 15) is 0 Å². The molecule has 0 heterocycles. The fourth-order valence-electron chi connectivity index (χ4n) is 1.76. The second-order valence-electron chi connectivity index (χ2n) is 3.70. The molecular weight excluding hydrogens is 138 g/mol. The molecule has 0 atom stereocenters. The molecule has 0 aromatic carbocycles. The molecule has 1 aliphatic rings. The molecule has 0 bridgehead atoms. The van der Waals surface area contributed by atoms with Gasteiger partial charge in [-0.1, -0.05) is 24.9 Å². The van der Waals surface area contributed by atoms with Gasteiger partial charge in [0.25, 0.3) is 0 Å². The van der Waals surface area contributed by atoms with Gasteiger partial charge >= 0.3 is 0 Å². The first-order valence-corrected chi connectivity index (χ1v) is 4.42. The SMILES string of the molecule is C/C(=N/O)[C@H]1CC[C@H](C)CC1. The van der Waals surface area contributed by atoms with Gasteiger partial charge in [0.2, 0.25) is 0 Å².